The fourth-order valence-electron chi connectivity index (χ4n) is 2.47. The van der Waals surface area contributed by atoms with Crippen molar-refractivity contribution in [2.24, 2.45) is 5.73 Å². The van der Waals surface area contributed by atoms with E-state index in [0.29, 0.717) is 6.42 Å². The van der Waals surface area contributed by atoms with E-state index in [2.05, 4.69) is 22.5 Å². The molecular formula is C15H19N3O. The minimum Gasteiger partial charge on any atom is -0.328 e. The molecule has 1 aliphatic carbocycles. The standard InChI is InChI=1S/C15H19N3O/c1-2-9-18-12-6-4-3-5-11(12)17-14(18)10-13(19)15(16)7-8-15/h3-6H,2,7-10,16H2,1H3. The Kier molecular flexibility index (Phi) is 2.90. The third kappa shape index (κ3) is 2.16. The first kappa shape index (κ1) is 12.4. The summed E-state index contributed by atoms with van der Waals surface area (Å²) in [4.78, 5) is 16.8. The van der Waals surface area contributed by atoms with Crippen molar-refractivity contribution in [3.05, 3.63) is 30.1 Å². The molecule has 0 unspecified atom stereocenters. The van der Waals surface area contributed by atoms with Crippen LogP contribution in [0.5, 0.6) is 0 Å². The third-order valence-electron chi connectivity index (χ3n) is 3.84. The van der Waals surface area contributed by atoms with Gasteiger partial charge >= 0.3 is 0 Å². The molecule has 4 nitrogen and oxygen atoms in total. The fraction of sp³-hybridized carbons (Fsp3) is 0.467. The van der Waals surface area contributed by atoms with Gasteiger partial charge in [0.2, 0.25) is 0 Å². The van der Waals surface area contributed by atoms with E-state index in [0.717, 1.165) is 42.7 Å². The van der Waals surface area contributed by atoms with Gasteiger partial charge in [0.05, 0.1) is 23.0 Å². The Balaban J connectivity index is 1.97. The molecule has 1 aromatic heterocycles. The topological polar surface area (TPSA) is 60.9 Å². The predicted octanol–water partition coefficient (Wildman–Crippen LogP) is 2.05. The number of nitrogens with zero attached hydrogens (tertiary/aromatic N) is 2. The zero-order valence-corrected chi connectivity index (χ0v) is 11.2. The summed E-state index contributed by atoms with van der Waals surface area (Å²) in [6.07, 6.45) is 3.01. The number of hydrogen-bond acceptors (Lipinski definition) is 3. The summed E-state index contributed by atoms with van der Waals surface area (Å²) in [7, 11) is 0. The summed E-state index contributed by atoms with van der Waals surface area (Å²) in [6, 6.07) is 8.03. The van der Waals surface area contributed by atoms with E-state index < -0.39 is 5.54 Å². The number of carbonyl (C=O) groups excluding carboxylic acids is 1. The molecule has 0 aliphatic heterocycles. The molecule has 3 rings (SSSR count). The van der Waals surface area contributed by atoms with Gasteiger partial charge in [0.15, 0.2) is 5.78 Å². The third-order valence-corrected chi connectivity index (χ3v) is 3.84. The molecule has 0 saturated heterocycles. The molecule has 1 aliphatic rings. The molecule has 1 fully saturated rings. The second kappa shape index (κ2) is 4.46. The molecule has 4 heteroatoms. The smallest absolute Gasteiger partial charge is 0.160 e. The second-order valence-corrected chi connectivity index (χ2v) is 5.42. The first-order valence-corrected chi connectivity index (χ1v) is 6.90. The monoisotopic (exact) mass is 257 g/mol. The van der Waals surface area contributed by atoms with Crippen molar-refractivity contribution >= 4 is 16.8 Å². The van der Waals surface area contributed by atoms with Gasteiger partial charge in [-0.15, -0.1) is 0 Å². The summed E-state index contributed by atoms with van der Waals surface area (Å²) in [5.41, 5.74) is 7.47. The van der Waals surface area contributed by atoms with Crippen LogP contribution in [-0.2, 0) is 17.8 Å². The molecule has 1 aromatic carbocycles. The number of imidazole rings is 1. The number of hydrogen-bond donors (Lipinski definition) is 1. The Morgan fingerprint density at radius 3 is 2.84 bits per heavy atom. The fourth-order valence-corrected chi connectivity index (χ4v) is 2.47. The van der Waals surface area contributed by atoms with Gasteiger partial charge in [0, 0.05) is 6.54 Å². The summed E-state index contributed by atoms with van der Waals surface area (Å²) in [6.45, 7) is 3.02. The summed E-state index contributed by atoms with van der Waals surface area (Å²) in [5, 5.41) is 0. The summed E-state index contributed by atoms with van der Waals surface area (Å²) < 4.78 is 2.15. The molecule has 0 spiro atoms. The lowest BCUT2D eigenvalue weighted by molar-refractivity contribution is -0.120. The largest absolute Gasteiger partial charge is 0.328 e. The number of benzene rings is 1. The minimum absolute atomic E-state index is 0.125. The highest BCUT2D eigenvalue weighted by Gasteiger charge is 2.45. The van der Waals surface area contributed by atoms with Crippen LogP contribution in [0.3, 0.4) is 0 Å². The Morgan fingerprint density at radius 2 is 2.16 bits per heavy atom. The van der Waals surface area contributed by atoms with Crippen LogP contribution >= 0.6 is 0 Å². The Bertz CT molecular complexity index is 625. The number of para-hydroxylation sites is 2. The van der Waals surface area contributed by atoms with Crippen molar-refractivity contribution in [2.75, 3.05) is 0 Å². The minimum atomic E-state index is -0.560. The number of fused-ring (bicyclic) bond motifs is 1. The number of rotatable bonds is 5. The van der Waals surface area contributed by atoms with Gasteiger partial charge in [-0.3, -0.25) is 4.79 Å². The van der Waals surface area contributed by atoms with Gasteiger partial charge in [-0.2, -0.15) is 0 Å². The van der Waals surface area contributed by atoms with Gasteiger partial charge in [0.25, 0.3) is 0 Å². The molecule has 1 saturated carbocycles. The van der Waals surface area contributed by atoms with Crippen LogP contribution in [0.1, 0.15) is 32.0 Å². The number of aromatic nitrogens is 2. The quantitative estimate of drug-likeness (QED) is 0.891. The van der Waals surface area contributed by atoms with Crippen LogP contribution in [0.15, 0.2) is 24.3 Å². The van der Waals surface area contributed by atoms with Crippen molar-refractivity contribution in [3.8, 4) is 0 Å². The highest BCUT2D eigenvalue weighted by Crippen LogP contribution is 2.34. The number of Topliss-reactive ketones (excluding diaryl/α,β-unsaturated/α-hetero) is 1. The first-order valence-electron chi connectivity index (χ1n) is 6.90. The zero-order valence-electron chi connectivity index (χ0n) is 11.2. The van der Waals surface area contributed by atoms with Crippen molar-refractivity contribution in [3.63, 3.8) is 0 Å². The highest BCUT2D eigenvalue weighted by atomic mass is 16.1. The Hall–Kier alpha value is -1.68. The number of carbonyl (C=O) groups is 1. The Labute approximate surface area is 112 Å². The van der Waals surface area contributed by atoms with Crippen LogP contribution in [-0.4, -0.2) is 20.9 Å². The molecule has 1 heterocycles. The Morgan fingerprint density at radius 1 is 1.42 bits per heavy atom. The van der Waals surface area contributed by atoms with Gasteiger partial charge in [-0.25, -0.2) is 4.98 Å². The molecule has 0 atom stereocenters. The number of nitrogens with two attached hydrogens (primary N) is 1. The maximum atomic E-state index is 12.2. The average molecular weight is 257 g/mol. The second-order valence-electron chi connectivity index (χ2n) is 5.42. The van der Waals surface area contributed by atoms with Gasteiger partial charge in [-0.05, 0) is 31.4 Å². The maximum absolute atomic E-state index is 12.2. The first-order chi connectivity index (χ1) is 9.14. The average Bonchev–Trinajstić information content (AvgIpc) is 3.07. The molecule has 2 N–H and O–H groups in total. The van der Waals surface area contributed by atoms with Crippen LogP contribution < -0.4 is 5.73 Å². The van der Waals surface area contributed by atoms with E-state index in [4.69, 9.17) is 5.73 Å². The van der Waals surface area contributed by atoms with E-state index in [1.54, 1.807) is 0 Å². The zero-order chi connectivity index (χ0) is 13.5. The molecule has 100 valence electrons. The molecule has 19 heavy (non-hydrogen) atoms. The van der Waals surface area contributed by atoms with Crippen molar-refractivity contribution < 1.29 is 4.79 Å². The van der Waals surface area contributed by atoms with Crippen LogP contribution in [0.4, 0.5) is 0 Å². The van der Waals surface area contributed by atoms with E-state index >= 15 is 0 Å². The maximum Gasteiger partial charge on any atom is 0.160 e. The van der Waals surface area contributed by atoms with Crippen LogP contribution in [0, 0.1) is 0 Å². The van der Waals surface area contributed by atoms with Gasteiger partial charge in [-0.1, -0.05) is 19.1 Å². The number of ketones is 1. The highest BCUT2D eigenvalue weighted by molar-refractivity contribution is 5.92. The molecule has 0 radical (unpaired) electrons. The van der Waals surface area contributed by atoms with E-state index in [-0.39, 0.29) is 5.78 Å². The van der Waals surface area contributed by atoms with Crippen LogP contribution in [0.25, 0.3) is 11.0 Å². The van der Waals surface area contributed by atoms with E-state index in [9.17, 15) is 4.79 Å². The lowest BCUT2D eigenvalue weighted by Gasteiger charge is -2.10. The lowest BCUT2D eigenvalue weighted by atomic mass is 10.1. The van der Waals surface area contributed by atoms with Crippen LogP contribution in [0.2, 0.25) is 0 Å². The lowest BCUT2D eigenvalue weighted by Crippen LogP contribution is -2.34. The predicted molar refractivity (Wildman–Crippen MR) is 74.9 cm³/mol. The van der Waals surface area contributed by atoms with E-state index in [1.165, 1.54) is 0 Å². The van der Waals surface area contributed by atoms with Crippen molar-refractivity contribution in [1.82, 2.24) is 9.55 Å². The van der Waals surface area contributed by atoms with Gasteiger partial charge in [0.1, 0.15) is 5.82 Å². The molecule has 2 aromatic rings. The summed E-state index contributed by atoms with van der Waals surface area (Å²) >= 11 is 0. The van der Waals surface area contributed by atoms with Gasteiger partial charge < -0.3 is 10.3 Å². The molecule has 0 amide bonds. The van der Waals surface area contributed by atoms with Crippen molar-refractivity contribution in [2.45, 2.75) is 44.7 Å². The SMILES string of the molecule is CCCn1c(CC(=O)C2(N)CC2)nc2ccccc21. The summed E-state index contributed by atoms with van der Waals surface area (Å²) in [5.74, 6) is 0.977. The normalized spacial score (nSPS) is 16.7. The van der Waals surface area contributed by atoms with E-state index in [1.807, 2.05) is 18.2 Å². The van der Waals surface area contributed by atoms with Crippen molar-refractivity contribution in [1.29, 1.82) is 0 Å². The molecular weight excluding hydrogens is 238 g/mol. The number of aryl methyl sites for hydroxylation is 1. The molecule has 0 bridgehead atoms.